The molecule has 0 unspecified atom stereocenters. The summed E-state index contributed by atoms with van der Waals surface area (Å²) < 4.78 is 3.25. The molecule has 10 nitrogen and oxygen atoms in total. The summed E-state index contributed by atoms with van der Waals surface area (Å²) >= 11 is 0. The van der Waals surface area contributed by atoms with Gasteiger partial charge in [0.05, 0.1) is 22.8 Å². The first-order valence-corrected chi connectivity index (χ1v) is 11.5. The predicted molar refractivity (Wildman–Crippen MR) is 138 cm³/mol. The van der Waals surface area contributed by atoms with Crippen LogP contribution in [-0.4, -0.2) is 34.1 Å². The van der Waals surface area contributed by atoms with Gasteiger partial charge in [-0.05, 0) is 43.7 Å². The Morgan fingerprint density at radius 1 is 1.00 bits per heavy atom. The number of hydrogen-bond acceptors (Lipinski definition) is 6. The summed E-state index contributed by atoms with van der Waals surface area (Å²) in [6.07, 6.45) is 5.03. The number of nitrogens with zero attached hydrogens (tertiary/aromatic N) is 5. The molecule has 3 N–H and O–H groups in total. The van der Waals surface area contributed by atoms with Crippen molar-refractivity contribution in [3.63, 3.8) is 0 Å². The minimum absolute atomic E-state index is 0.153. The minimum atomic E-state index is -0.416. The van der Waals surface area contributed by atoms with Gasteiger partial charge in [-0.3, -0.25) is 14.2 Å². The number of aromatic amines is 2. The normalized spacial score (nSPS) is 12.3. The zero-order valence-corrected chi connectivity index (χ0v) is 19.6. The van der Waals surface area contributed by atoms with E-state index in [-0.39, 0.29) is 11.1 Å². The number of fused-ring (bicyclic) bond motifs is 2. The van der Waals surface area contributed by atoms with Gasteiger partial charge in [-0.2, -0.15) is 5.10 Å². The Labute approximate surface area is 204 Å². The lowest BCUT2D eigenvalue weighted by molar-refractivity contribution is 0.673. The number of benzene rings is 1. The average Bonchev–Trinajstić information content (AvgIpc) is 3.49. The standard InChI is InChI=1S/C26H22N8O2/c1-15-11-12-33-22(15)26(36)34(17-7-4-3-5-8-17)25(32-33)16(2)30-24-21-18(13-27-23(21)28-14-29-24)19-9-6-10-20(35)31-19/h3-14,16H,1-2H3,(H,31,35)(H2,27,28,29,30)/t16-/m0/s1. The SMILES string of the molecule is Cc1ccn2nc([C@H](C)Nc3ncnc4[nH]cc(-c5cccc(=O)[nH]5)c34)n(-c3ccccc3)c(=O)c12. The molecule has 0 aliphatic rings. The van der Waals surface area contributed by atoms with Gasteiger partial charge in [-0.1, -0.05) is 24.3 Å². The molecule has 0 aliphatic carbocycles. The van der Waals surface area contributed by atoms with Crippen molar-refractivity contribution in [2.45, 2.75) is 19.9 Å². The number of nitrogens with one attached hydrogen (secondary N) is 3. The largest absolute Gasteiger partial charge is 0.360 e. The van der Waals surface area contributed by atoms with Crippen LogP contribution in [0.1, 0.15) is 24.4 Å². The topological polar surface area (TPSA) is 126 Å². The molecule has 10 heteroatoms. The molecular weight excluding hydrogens is 456 g/mol. The summed E-state index contributed by atoms with van der Waals surface area (Å²) in [6, 6.07) is 15.9. The van der Waals surface area contributed by atoms with E-state index in [0.29, 0.717) is 28.5 Å². The van der Waals surface area contributed by atoms with Crippen molar-refractivity contribution < 1.29 is 0 Å². The van der Waals surface area contributed by atoms with Gasteiger partial charge >= 0.3 is 0 Å². The Morgan fingerprint density at radius 3 is 2.64 bits per heavy atom. The van der Waals surface area contributed by atoms with Gasteiger partial charge in [0.2, 0.25) is 5.56 Å². The monoisotopic (exact) mass is 478 g/mol. The number of aromatic nitrogens is 7. The van der Waals surface area contributed by atoms with Crippen LogP contribution in [0.4, 0.5) is 5.82 Å². The van der Waals surface area contributed by atoms with E-state index in [1.807, 2.05) is 56.3 Å². The lowest BCUT2D eigenvalue weighted by Crippen LogP contribution is -2.29. The second-order valence-electron chi connectivity index (χ2n) is 8.57. The Kier molecular flexibility index (Phi) is 4.99. The quantitative estimate of drug-likeness (QED) is 0.348. The molecule has 0 saturated carbocycles. The van der Waals surface area contributed by atoms with Crippen molar-refractivity contribution in [3.8, 4) is 16.9 Å². The summed E-state index contributed by atoms with van der Waals surface area (Å²) in [7, 11) is 0. The fourth-order valence-corrected chi connectivity index (χ4v) is 4.50. The zero-order chi connectivity index (χ0) is 24.8. The highest BCUT2D eigenvalue weighted by atomic mass is 16.1. The van der Waals surface area contributed by atoms with Gasteiger partial charge in [0.1, 0.15) is 23.3 Å². The second kappa shape index (κ2) is 8.35. The molecule has 0 radical (unpaired) electrons. The molecule has 0 spiro atoms. The number of aryl methyl sites for hydroxylation is 1. The average molecular weight is 479 g/mol. The third-order valence-corrected chi connectivity index (χ3v) is 6.20. The molecule has 0 aliphatic heterocycles. The Balaban J connectivity index is 1.51. The summed E-state index contributed by atoms with van der Waals surface area (Å²) in [5.41, 5.74) is 3.76. The van der Waals surface area contributed by atoms with Gasteiger partial charge in [-0.15, -0.1) is 0 Å². The summed E-state index contributed by atoms with van der Waals surface area (Å²) in [5, 5.41) is 8.95. The van der Waals surface area contributed by atoms with E-state index >= 15 is 0 Å². The highest BCUT2D eigenvalue weighted by Gasteiger charge is 2.22. The first-order valence-electron chi connectivity index (χ1n) is 11.5. The van der Waals surface area contributed by atoms with Crippen molar-refractivity contribution in [2.24, 2.45) is 0 Å². The molecular formula is C26H22N8O2. The molecule has 6 rings (SSSR count). The number of anilines is 1. The molecule has 0 saturated heterocycles. The third-order valence-electron chi connectivity index (χ3n) is 6.20. The highest BCUT2D eigenvalue weighted by molar-refractivity contribution is 6.00. The van der Waals surface area contributed by atoms with Crippen LogP contribution < -0.4 is 16.4 Å². The summed E-state index contributed by atoms with van der Waals surface area (Å²) in [6.45, 7) is 3.82. The molecule has 5 aromatic heterocycles. The van der Waals surface area contributed by atoms with Gasteiger partial charge < -0.3 is 15.3 Å². The smallest absolute Gasteiger partial charge is 0.282 e. The van der Waals surface area contributed by atoms with Crippen LogP contribution in [0.5, 0.6) is 0 Å². The summed E-state index contributed by atoms with van der Waals surface area (Å²) in [5.74, 6) is 1.07. The Hall–Kier alpha value is -4.99. The molecule has 1 atom stereocenters. The van der Waals surface area contributed by atoms with Crippen LogP contribution in [0.2, 0.25) is 0 Å². The molecule has 6 aromatic rings. The van der Waals surface area contributed by atoms with Crippen molar-refractivity contribution in [1.29, 1.82) is 0 Å². The third kappa shape index (κ3) is 3.47. The summed E-state index contributed by atoms with van der Waals surface area (Å²) in [4.78, 5) is 40.4. The van der Waals surface area contributed by atoms with Gasteiger partial charge in [-0.25, -0.2) is 14.5 Å². The van der Waals surface area contributed by atoms with Gasteiger partial charge in [0.25, 0.3) is 5.56 Å². The van der Waals surface area contributed by atoms with E-state index in [9.17, 15) is 9.59 Å². The van der Waals surface area contributed by atoms with E-state index < -0.39 is 6.04 Å². The molecule has 0 bridgehead atoms. The van der Waals surface area contributed by atoms with Crippen LogP contribution in [0.15, 0.2) is 82.9 Å². The maximum absolute atomic E-state index is 13.6. The Morgan fingerprint density at radius 2 is 1.83 bits per heavy atom. The van der Waals surface area contributed by atoms with E-state index in [4.69, 9.17) is 5.10 Å². The van der Waals surface area contributed by atoms with E-state index in [1.54, 1.807) is 27.5 Å². The maximum atomic E-state index is 13.6. The first-order chi connectivity index (χ1) is 17.5. The van der Waals surface area contributed by atoms with Crippen molar-refractivity contribution in [1.82, 2.24) is 34.1 Å². The van der Waals surface area contributed by atoms with Crippen molar-refractivity contribution in [2.75, 3.05) is 5.32 Å². The highest BCUT2D eigenvalue weighted by Crippen LogP contribution is 2.32. The number of H-pyrrole nitrogens is 2. The van der Waals surface area contributed by atoms with E-state index in [1.165, 1.54) is 12.4 Å². The number of rotatable bonds is 5. The van der Waals surface area contributed by atoms with Gasteiger partial charge in [0.15, 0.2) is 5.82 Å². The molecule has 0 amide bonds. The molecule has 0 fully saturated rings. The number of para-hydroxylation sites is 1. The Bertz CT molecular complexity index is 1850. The number of hydrogen-bond donors (Lipinski definition) is 3. The fourth-order valence-electron chi connectivity index (χ4n) is 4.50. The molecule has 36 heavy (non-hydrogen) atoms. The minimum Gasteiger partial charge on any atom is -0.360 e. The van der Waals surface area contributed by atoms with Crippen LogP contribution in [-0.2, 0) is 0 Å². The van der Waals surface area contributed by atoms with Crippen molar-refractivity contribution in [3.05, 3.63) is 105 Å². The molecule has 1 aromatic carbocycles. The lowest BCUT2D eigenvalue weighted by atomic mass is 10.1. The predicted octanol–water partition coefficient (Wildman–Crippen LogP) is 3.59. The zero-order valence-electron chi connectivity index (χ0n) is 19.6. The van der Waals surface area contributed by atoms with Crippen LogP contribution >= 0.6 is 0 Å². The lowest BCUT2D eigenvalue weighted by Gasteiger charge is -2.20. The van der Waals surface area contributed by atoms with Gasteiger partial charge in [0, 0.05) is 24.0 Å². The fraction of sp³-hybridized carbons (Fsp3) is 0.115. The van der Waals surface area contributed by atoms with E-state index in [2.05, 4.69) is 25.3 Å². The van der Waals surface area contributed by atoms with E-state index in [0.717, 1.165) is 22.2 Å². The molecule has 5 heterocycles. The van der Waals surface area contributed by atoms with Crippen LogP contribution in [0, 0.1) is 6.92 Å². The van der Waals surface area contributed by atoms with Crippen LogP contribution in [0.25, 0.3) is 33.5 Å². The van der Waals surface area contributed by atoms with Crippen LogP contribution in [0.3, 0.4) is 0 Å². The maximum Gasteiger partial charge on any atom is 0.282 e. The first kappa shape index (κ1) is 21.5. The van der Waals surface area contributed by atoms with Crippen molar-refractivity contribution >= 4 is 22.4 Å². The molecule has 178 valence electrons. The number of pyridine rings is 1. The second-order valence-corrected chi connectivity index (χ2v) is 8.57.